The largest absolute Gasteiger partial charge is 0.397 e. The van der Waals surface area contributed by atoms with Gasteiger partial charge in [0.1, 0.15) is 0 Å². The van der Waals surface area contributed by atoms with E-state index in [9.17, 15) is 4.79 Å². The van der Waals surface area contributed by atoms with Gasteiger partial charge in [0.05, 0.1) is 10.7 Å². The molecule has 0 radical (unpaired) electrons. The number of benzene rings is 1. The van der Waals surface area contributed by atoms with E-state index in [0.717, 1.165) is 13.1 Å². The van der Waals surface area contributed by atoms with Crippen LogP contribution in [0, 0.1) is 0 Å². The van der Waals surface area contributed by atoms with Gasteiger partial charge in [-0.3, -0.25) is 4.79 Å². The minimum Gasteiger partial charge on any atom is -0.397 e. The first kappa shape index (κ1) is 13.8. The highest BCUT2D eigenvalue weighted by molar-refractivity contribution is 6.33. The van der Waals surface area contributed by atoms with Crippen LogP contribution in [0.1, 0.15) is 13.3 Å². The minimum absolute atomic E-state index is 0.0213. The molecule has 0 aliphatic carbocycles. The standard InChI is InChI=1S/C12H18ClN3O/c1-3-16(2)7-6-12(17)15-9-4-5-10(13)11(14)8-9/h4-5,8H,3,6-7,14H2,1-2H3,(H,15,17). The van der Waals surface area contributed by atoms with E-state index >= 15 is 0 Å². The molecule has 94 valence electrons. The molecule has 5 heteroatoms. The van der Waals surface area contributed by atoms with Crippen molar-refractivity contribution in [2.75, 3.05) is 31.2 Å². The number of rotatable bonds is 5. The van der Waals surface area contributed by atoms with Crippen molar-refractivity contribution in [3.05, 3.63) is 23.2 Å². The van der Waals surface area contributed by atoms with Gasteiger partial charge in [-0.15, -0.1) is 0 Å². The summed E-state index contributed by atoms with van der Waals surface area (Å²) in [4.78, 5) is 13.7. The van der Waals surface area contributed by atoms with Gasteiger partial charge in [-0.25, -0.2) is 0 Å². The van der Waals surface area contributed by atoms with E-state index in [1.807, 2.05) is 7.05 Å². The van der Waals surface area contributed by atoms with Gasteiger partial charge in [-0.1, -0.05) is 18.5 Å². The number of nitrogens with zero attached hydrogens (tertiary/aromatic N) is 1. The molecule has 0 aromatic heterocycles. The summed E-state index contributed by atoms with van der Waals surface area (Å²) in [5.41, 5.74) is 6.79. The molecule has 0 fully saturated rings. The highest BCUT2D eigenvalue weighted by Crippen LogP contribution is 2.22. The van der Waals surface area contributed by atoms with Gasteiger partial charge in [0.15, 0.2) is 0 Å². The summed E-state index contributed by atoms with van der Waals surface area (Å²) in [5.74, 6) is -0.0213. The van der Waals surface area contributed by atoms with Crippen molar-refractivity contribution in [3.8, 4) is 0 Å². The molecule has 0 aliphatic heterocycles. The van der Waals surface area contributed by atoms with E-state index in [0.29, 0.717) is 22.8 Å². The highest BCUT2D eigenvalue weighted by atomic mass is 35.5. The second-order valence-corrected chi connectivity index (χ2v) is 4.34. The summed E-state index contributed by atoms with van der Waals surface area (Å²) >= 11 is 5.79. The summed E-state index contributed by atoms with van der Waals surface area (Å²) in [6.07, 6.45) is 0.465. The fourth-order valence-corrected chi connectivity index (χ4v) is 1.41. The zero-order valence-electron chi connectivity index (χ0n) is 10.2. The first-order chi connectivity index (χ1) is 8.02. The third-order valence-corrected chi connectivity index (χ3v) is 2.88. The van der Waals surface area contributed by atoms with Crippen molar-refractivity contribution in [3.63, 3.8) is 0 Å². The quantitative estimate of drug-likeness (QED) is 0.793. The van der Waals surface area contributed by atoms with Crippen molar-refractivity contribution in [2.45, 2.75) is 13.3 Å². The van der Waals surface area contributed by atoms with E-state index in [2.05, 4.69) is 17.1 Å². The van der Waals surface area contributed by atoms with E-state index in [4.69, 9.17) is 17.3 Å². The van der Waals surface area contributed by atoms with Crippen LogP contribution in [-0.4, -0.2) is 30.9 Å². The third-order valence-electron chi connectivity index (χ3n) is 2.54. The van der Waals surface area contributed by atoms with Gasteiger partial charge in [0.2, 0.25) is 5.91 Å². The Bertz CT molecular complexity index is 395. The molecule has 0 aliphatic rings. The number of carbonyl (C=O) groups excluding carboxylic acids is 1. The number of nitrogen functional groups attached to an aromatic ring is 1. The molecule has 1 aromatic carbocycles. The van der Waals surface area contributed by atoms with Crippen LogP contribution in [0.15, 0.2) is 18.2 Å². The molecule has 0 unspecified atom stereocenters. The summed E-state index contributed by atoms with van der Waals surface area (Å²) in [5, 5.41) is 3.28. The summed E-state index contributed by atoms with van der Waals surface area (Å²) in [6, 6.07) is 5.06. The Morgan fingerprint density at radius 3 is 2.82 bits per heavy atom. The molecule has 0 saturated carbocycles. The van der Waals surface area contributed by atoms with Crippen LogP contribution in [0.2, 0.25) is 5.02 Å². The predicted octanol–water partition coefficient (Wildman–Crippen LogP) is 2.20. The average molecular weight is 256 g/mol. The van der Waals surface area contributed by atoms with Crippen molar-refractivity contribution in [2.24, 2.45) is 0 Å². The molecule has 0 bridgehead atoms. The molecule has 17 heavy (non-hydrogen) atoms. The molecule has 1 amide bonds. The van der Waals surface area contributed by atoms with Crippen LogP contribution in [0.3, 0.4) is 0 Å². The fourth-order valence-electron chi connectivity index (χ4n) is 1.30. The van der Waals surface area contributed by atoms with Crippen LogP contribution in [0.4, 0.5) is 11.4 Å². The lowest BCUT2D eigenvalue weighted by Crippen LogP contribution is -2.23. The number of halogens is 1. The second kappa shape index (κ2) is 6.47. The van der Waals surface area contributed by atoms with Gasteiger partial charge in [-0.2, -0.15) is 0 Å². The SMILES string of the molecule is CCN(C)CCC(=O)Nc1ccc(Cl)c(N)c1. The number of nitrogens with two attached hydrogens (primary N) is 1. The molecule has 0 spiro atoms. The second-order valence-electron chi connectivity index (χ2n) is 3.93. The van der Waals surface area contributed by atoms with Gasteiger partial charge in [-0.05, 0) is 31.8 Å². The molecule has 0 atom stereocenters. The van der Waals surface area contributed by atoms with Gasteiger partial charge in [0, 0.05) is 18.7 Å². The number of hydrogen-bond donors (Lipinski definition) is 2. The van der Waals surface area contributed by atoms with Crippen LogP contribution < -0.4 is 11.1 Å². The zero-order chi connectivity index (χ0) is 12.8. The Balaban J connectivity index is 2.48. The lowest BCUT2D eigenvalue weighted by atomic mass is 10.2. The van der Waals surface area contributed by atoms with Crippen LogP contribution in [-0.2, 0) is 4.79 Å². The van der Waals surface area contributed by atoms with Crippen LogP contribution in [0.25, 0.3) is 0 Å². The summed E-state index contributed by atoms with van der Waals surface area (Å²) in [6.45, 7) is 3.73. The van der Waals surface area contributed by atoms with E-state index in [1.165, 1.54) is 0 Å². The molecule has 0 saturated heterocycles. The highest BCUT2D eigenvalue weighted by Gasteiger charge is 2.05. The molecule has 0 heterocycles. The van der Waals surface area contributed by atoms with Crippen molar-refractivity contribution < 1.29 is 4.79 Å². The summed E-state index contributed by atoms with van der Waals surface area (Å²) in [7, 11) is 1.98. The fraction of sp³-hybridized carbons (Fsp3) is 0.417. The molecular formula is C12H18ClN3O. The molecule has 1 aromatic rings. The van der Waals surface area contributed by atoms with Crippen LogP contribution in [0.5, 0.6) is 0 Å². The van der Waals surface area contributed by atoms with Crippen molar-refractivity contribution in [1.82, 2.24) is 4.90 Å². The first-order valence-corrected chi connectivity index (χ1v) is 5.94. The minimum atomic E-state index is -0.0213. The first-order valence-electron chi connectivity index (χ1n) is 5.56. The average Bonchev–Trinajstić information content (AvgIpc) is 2.31. The molecule has 3 N–H and O–H groups in total. The Labute approximate surface area is 107 Å². The van der Waals surface area contributed by atoms with Crippen molar-refractivity contribution >= 4 is 28.9 Å². The predicted molar refractivity (Wildman–Crippen MR) is 72.3 cm³/mol. The maximum absolute atomic E-state index is 11.6. The number of anilines is 2. The Hall–Kier alpha value is -1.26. The van der Waals surface area contributed by atoms with E-state index in [-0.39, 0.29) is 5.91 Å². The van der Waals surface area contributed by atoms with Crippen LogP contribution >= 0.6 is 11.6 Å². The molecule has 4 nitrogen and oxygen atoms in total. The number of amides is 1. The lowest BCUT2D eigenvalue weighted by Gasteiger charge is -2.13. The lowest BCUT2D eigenvalue weighted by molar-refractivity contribution is -0.116. The van der Waals surface area contributed by atoms with Gasteiger partial charge < -0.3 is 16.0 Å². The Kier molecular flexibility index (Phi) is 5.25. The van der Waals surface area contributed by atoms with Crippen molar-refractivity contribution in [1.29, 1.82) is 0 Å². The number of hydrogen-bond acceptors (Lipinski definition) is 3. The topological polar surface area (TPSA) is 58.4 Å². The Morgan fingerprint density at radius 2 is 2.24 bits per heavy atom. The van der Waals surface area contributed by atoms with E-state index < -0.39 is 0 Å². The smallest absolute Gasteiger partial charge is 0.225 e. The Morgan fingerprint density at radius 1 is 1.53 bits per heavy atom. The maximum atomic E-state index is 11.6. The molecular weight excluding hydrogens is 238 g/mol. The normalized spacial score (nSPS) is 10.6. The molecule has 1 rings (SSSR count). The monoisotopic (exact) mass is 255 g/mol. The zero-order valence-corrected chi connectivity index (χ0v) is 10.9. The van der Waals surface area contributed by atoms with E-state index in [1.54, 1.807) is 18.2 Å². The third kappa shape index (κ3) is 4.63. The number of nitrogens with one attached hydrogen (secondary N) is 1. The number of carbonyl (C=O) groups is 1. The summed E-state index contributed by atoms with van der Waals surface area (Å²) < 4.78 is 0. The maximum Gasteiger partial charge on any atom is 0.225 e. The van der Waals surface area contributed by atoms with Gasteiger partial charge in [0.25, 0.3) is 0 Å². The van der Waals surface area contributed by atoms with Gasteiger partial charge >= 0.3 is 0 Å².